The highest BCUT2D eigenvalue weighted by molar-refractivity contribution is 7.91. The van der Waals surface area contributed by atoms with E-state index >= 15 is 0 Å². The third-order valence-electron chi connectivity index (χ3n) is 4.93. The third kappa shape index (κ3) is 4.22. The Labute approximate surface area is 180 Å². The molecule has 0 amide bonds. The molecule has 1 heterocycles. The number of hydrogen-bond donors (Lipinski definition) is 1. The number of aromatic nitrogens is 1. The molecule has 0 saturated carbocycles. The Hall–Kier alpha value is -3.45. The van der Waals surface area contributed by atoms with Gasteiger partial charge in [0.25, 0.3) is 0 Å². The average molecular weight is 437 g/mol. The Morgan fingerprint density at radius 3 is 2.26 bits per heavy atom. The lowest BCUT2D eigenvalue weighted by atomic mass is 10.1. The molecule has 0 radical (unpaired) electrons. The van der Waals surface area contributed by atoms with Crippen LogP contribution in [-0.4, -0.2) is 13.4 Å². The van der Waals surface area contributed by atoms with Gasteiger partial charge in [-0.15, -0.1) is 0 Å². The van der Waals surface area contributed by atoms with Crippen LogP contribution < -0.4 is 5.32 Å². The first kappa shape index (κ1) is 20.8. The lowest BCUT2D eigenvalue weighted by Gasteiger charge is -2.14. The zero-order valence-corrected chi connectivity index (χ0v) is 17.9. The van der Waals surface area contributed by atoms with Crippen molar-refractivity contribution in [3.63, 3.8) is 0 Å². The Bertz CT molecular complexity index is 1300. The van der Waals surface area contributed by atoms with Crippen LogP contribution in [0.3, 0.4) is 0 Å². The van der Waals surface area contributed by atoms with Crippen molar-refractivity contribution < 1.29 is 17.2 Å². The maximum absolute atomic E-state index is 14.3. The number of hydrogen-bond acceptors (Lipinski definition) is 5. The summed E-state index contributed by atoms with van der Waals surface area (Å²) in [7, 11) is -4.00. The van der Waals surface area contributed by atoms with Gasteiger partial charge >= 0.3 is 0 Å². The van der Waals surface area contributed by atoms with Crippen LogP contribution in [0.2, 0.25) is 0 Å². The van der Waals surface area contributed by atoms with Crippen LogP contribution in [0.1, 0.15) is 24.1 Å². The smallest absolute Gasteiger partial charge is 0.234 e. The summed E-state index contributed by atoms with van der Waals surface area (Å²) < 4.78 is 46.8. The van der Waals surface area contributed by atoms with Crippen LogP contribution in [-0.2, 0) is 9.84 Å². The Kier molecular flexibility index (Phi) is 5.61. The van der Waals surface area contributed by atoms with E-state index < -0.39 is 15.7 Å². The van der Waals surface area contributed by atoms with Gasteiger partial charge in [-0.05, 0) is 43.7 Å². The van der Waals surface area contributed by atoms with Gasteiger partial charge in [-0.2, -0.15) is 4.98 Å². The first-order valence-electron chi connectivity index (χ1n) is 9.75. The van der Waals surface area contributed by atoms with Gasteiger partial charge in [0.15, 0.2) is 0 Å². The Morgan fingerprint density at radius 2 is 1.58 bits per heavy atom. The predicted octanol–water partition coefficient (Wildman–Crippen LogP) is 5.80. The largest absolute Gasteiger partial charge is 0.419 e. The summed E-state index contributed by atoms with van der Waals surface area (Å²) in [4.78, 5) is 4.29. The molecule has 0 fully saturated rings. The molecular formula is C24H21FN2O3S. The van der Waals surface area contributed by atoms with Crippen molar-refractivity contribution in [1.29, 1.82) is 0 Å². The summed E-state index contributed by atoms with van der Waals surface area (Å²) in [5.74, 6) is -0.688. The molecule has 0 aliphatic carbocycles. The molecule has 1 atom stereocenters. The van der Waals surface area contributed by atoms with Gasteiger partial charge in [-0.3, -0.25) is 0 Å². The minimum atomic E-state index is -4.00. The summed E-state index contributed by atoms with van der Waals surface area (Å²) in [6, 6.07) is 21.7. The van der Waals surface area contributed by atoms with E-state index in [-0.39, 0.29) is 33.3 Å². The highest BCUT2D eigenvalue weighted by Crippen LogP contribution is 2.35. The fourth-order valence-electron chi connectivity index (χ4n) is 3.18. The fraction of sp³-hybridized carbons (Fsp3) is 0.125. The number of benzene rings is 3. The molecule has 1 unspecified atom stereocenters. The second kappa shape index (κ2) is 8.35. The summed E-state index contributed by atoms with van der Waals surface area (Å²) in [5, 5.41) is 2.81. The van der Waals surface area contributed by atoms with Crippen LogP contribution in [0.15, 0.2) is 93.2 Å². The fourth-order valence-corrected chi connectivity index (χ4v) is 4.45. The molecule has 0 saturated heterocycles. The molecule has 0 aliphatic heterocycles. The van der Waals surface area contributed by atoms with Crippen LogP contribution in [0, 0.1) is 12.7 Å². The first-order chi connectivity index (χ1) is 14.9. The average Bonchev–Trinajstić information content (AvgIpc) is 3.19. The van der Waals surface area contributed by atoms with Crippen LogP contribution in [0.4, 0.5) is 10.3 Å². The monoisotopic (exact) mass is 436 g/mol. The van der Waals surface area contributed by atoms with Crippen LogP contribution >= 0.6 is 0 Å². The minimum absolute atomic E-state index is 0.0322. The molecule has 1 N–H and O–H groups in total. The van der Waals surface area contributed by atoms with Gasteiger partial charge in [-0.1, -0.05) is 60.2 Å². The van der Waals surface area contributed by atoms with Gasteiger partial charge in [-0.25, -0.2) is 12.8 Å². The normalized spacial score (nSPS) is 12.5. The van der Waals surface area contributed by atoms with E-state index in [0.29, 0.717) is 0 Å². The third-order valence-corrected chi connectivity index (χ3v) is 6.61. The maximum atomic E-state index is 14.3. The van der Waals surface area contributed by atoms with Crippen molar-refractivity contribution in [2.75, 3.05) is 5.32 Å². The molecule has 0 bridgehead atoms. The number of sulfone groups is 1. The van der Waals surface area contributed by atoms with Crippen LogP contribution in [0.25, 0.3) is 11.5 Å². The second-order valence-electron chi connectivity index (χ2n) is 7.23. The molecule has 0 aliphatic rings. The Morgan fingerprint density at radius 1 is 0.935 bits per heavy atom. The summed E-state index contributed by atoms with van der Waals surface area (Å²) in [6.45, 7) is 3.75. The van der Waals surface area contributed by atoms with Crippen molar-refractivity contribution in [3.05, 3.63) is 95.8 Å². The molecule has 1 aromatic heterocycles. The molecular weight excluding hydrogens is 415 g/mol. The standard InChI is InChI=1S/C24H21FN2O3S/c1-16-12-14-19(15-13-16)31(28,29)24-23(26-17(2)18-8-4-3-5-9-18)30-22(27-24)20-10-6-7-11-21(20)25/h3-15,17,26H,1-2H3. The zero-order chi connectivity index (χ0) is 22.0. The maximum Gasteiger partial charge on any atom is 0.234 e. The second-order valence-corrected chi connectivity index (χ2v) is 9.09. The Balaban J connectivity index is 1.82. The number of anilines is 1. The molecule has 5 nitrogen and oxygen atoms in total. The van der Waals surface area contributed by atoms with E-state index in [4.69, 9.17) is 4.42 Å². The van der Waals surface area contributed by atoms with Gasteiger partial charge in [0.1, 0.15) is 5.82 Å². The number of nitrogens with one attached hydrogen (secondary N) is 1. The van der Waals surface area contributed by atoms with Crippen molar-refractivity contribution in [2.45, 2.75) is 29.8 Å². The van der Waals surface area contributed by atoms with E-state index in [1.165, 1.54) is 24.3 Å². The highest BCUT2D eigenvalue weighted by atomic mass is 32.2. The van der Waals surface area contributed by atoms with E-state index in [2.05, 4.69) is 10.3 Å². The molecule has 158 valence electrons. The highest BCUT2D eigenvalue weighted by Gasteiger charge is 2.30. The molecule has 3 aromatic carbocycles. The van der Waals surface area contributed by atoms with E-state index in [0.717, 1.165) is 11.1 Å². The van der Waals surface area contributed by atoms with Gasteiger partial charge in [0.05, 0.1) is 16.5 Å². The molecule has 4 rings (SSSR count). The molecule has 31 heavy (non-hydrogen) atoms. The van der Waals surface area contributed by atoms with E-state index in [1.54, 1.807) is 24.3 Å². The van der Waals surface area contributed by atoms with Crippen molar-refractivity contribution in [2.24, 2.45) is 0 Å². The van der Waals surface area contributed by atoms with E-state index in [9.17, 15) is 12.8 Å². The topological polar surface area (TPSA) is 72.2 Å². The van der Waals surface area contributed by atoms with Crippen LogP contribution in [0.5, 0.6) is 0 Å². The molecule has 7 heteroatoms. The zero-order valence-electron chi connectivity index (χ0n) is 17.0. The minimum Gasteiger partial charge on any atom is -0.419 e. The van der Waals surface area contributed by atoms with Crippen molar-refractivity contribution in [3.8, 4) is 11.5 Å². The SMILES string of the molecule is Cc1ccc(S(=O)(=O)c2nc(-c3ccccc3F)oc2NC(C)c2ccccc2)cc1. The van der Waals surface area contributed by atoms with Gasteiger partial charge in [0, 0.05) is 0 Å². The molecule has 0 spiro atoms. The lowest BCUT2D eigenvalue weighted by Crippen LogP contribution is -2.10. The lowest BCUT2D eigenvalue weighted by molar-refractivity contribution is 0.561. The first-order valence-corrected chi connectivity index (χ1v) is 11.2. The number of aryl methyl sites for hydroxylation is 1. The van der Waals surface area contributed by atoms with Gasteiger partial charge < -0.3 is 9.73 Å². The summed E-state index contributed by atoms with van der Waals surface area (Å²) in [5.41, 5.74) is 1.95. The molecule has 4 aromatic rings. The number of rotatable bonds is 6. The number of halogens is 1. The van der Waals surface area contributed by atoms with Crippen molar-refractivity contribution >= 4 is 15.7 Å². The number of nitrogens with zero attached hydrogens (tertiary/aromatic N) is 1. The van der Waals surface area contributed by atoms with Crippen molar-refractivity contribution in [1.82, 2.24) is 4.98 Å². The summed E-state index contributed by atoms with van der Waals surface area (Å²) >= 11 is 0. The van der Waals surface area contributed by atoms with E-state index in [1.807, 2.05) is 44.2 Å². The summed E-state index contributed by atoms with van der Waals surface area (Å²) in [6.07, 6.45) is 0. The quantitative estimate of drug-likeness (QED) is 0.414. The van der Waals surface area contributed by atoms with Gasteiger partial charge in [0.2, 0.25) is 26.6 Å². The predicted molar refractivity (Wildman–Crippen MR) is 117 cm³/mol. The number of oxazole rings is 1.